The molecule has 0 spiro atoms. The van der Waals surface area contributed by atoms with Crippen molar-refractivity contribution in [3.63, 3.8) is 0 Å². The Bertz CT molecular complexity index is 1520. The van der Waals surface area contributed by atoms with Crippen molar-refractivity contribution in [3.8, 4) is 28.1 Å². The van der Waals surface area contributed by atoms with Crippen molar-refractivity contribution in [2.75, 3.05) is 7.11 Å². The van der Waals surface area contributed by atoms with Gasteiger partial charge in [0, 0.05) is 21.7 Å². The number of benzene rings is 2. The lowest BCUT2D eigenvalue weighted by atomic mass is 9.96. The molecule has 166 valence electrons. The molecular formula is C23H17Cl2N5O3. The maximum Gasteiger partial charge on any atom is 0.367 e. The Kier molecular flexibility index (Phi) is 5.39. The molecule has 0 aliphatic heterocycles. The highest BCUT2D eigenvalue weighted by molar-refractivity contribution is 6.31. The Morgan fingerprint density at radius 3 is 2.09 bits per heavy atom. The average Bonchev–Trinajstić information content (AvgIpc) is 3.36. The van der Waals surface area contributed by atoms with Gasteiger partial charge in [-0.3, -0.25) is 0 Å². The highest BCUT2D eigenvalue weighted by Gasteiger charge is 2.24. The van der Waals surface area contributed by atoms with Crippen LogP contribution in [0, 0.1) is 6.92 Å². The standard InChI is InChI=1S/C23H17Cl2N5O3/c1-13-11-18(28-33-13)12-29-23(31)30-21(26-29)19(14-3-7-16(24)8-4-14)20(22(27-30)32-2)15-5-9-17(25)10-6-15/h3-11H,12H2,1-2H3. The van der Waals surface area contributed by atoms with Crippen molar-refractivity contribution in [2.45, 2.75) is 13.5 Å². The van der Waals surface area contributed by atoms with Crippen molar-refractivity contribution < 1.29 is 9.26 Å². The number of methoxy groups -OCH3 is 1. The number of hydrogen-bond acceptors (Lipinski definition) is 6. The average molecular weight is 482 g/mol. The molecule has 10 heteroatoms. The van der Waals surface area contributed by atoms with Crippen LogP contribution in [-0.4, -0.2) is 31.7 Å². The highest BCUT2D eigenvalue weighted by atomic mass is 35.5. The summed E-state index contributed by atoms with van der Waals surface area (Å²) in [5.41, 5.74) is 3.48. The van der Waals surface area contributed by atoms with Gasteiger partial charge in [0.2, 0.25) is 5.88 Å². The Morgan fingerprint density at radius 2 is 1.55 bits per heavy atom. The molecule has 0 aliphatic rings. The summed E-state index contributed by atoms with van der Waals surface area (Å²) in [7, 11) is 1.51. The van der Waals surface area contributed by atoms with E-state index in [9.17, 15) is 4.79 Å². The van der Waals surface area contributed by atoms with Crippen LogP contribution in [-0.2, 0) is 6.54 Å². The van der Waals surface area contributed by atoms with Gasteiger partial charge in [0.25, 0.3) is 0 Å². The molecule has 0 saturated heterocycles. The molecular weight excluding hydrogens is 465 g/mol. The van der Waals surface area contributed by atoms with Gasteiger partial charge in [0.15, 0.2) is 5.65 Å². The molecule has 3 aromatic heterocycles. The molecule has 0 atom stereocenters. The molecule has 0 radical (unpaired) electrons. The second-order valence-electron chi connectivity index (χ2n) is 7.38. The van der Waals surface area contributed by atoms with Crippen LogP contribution in [0.3, 0.4) is 0 Å². The minimum atomic E-state index is -0.429. The van der Waals surface area contributed by atoms with Gasteiger partial charge in [0.05, 0.1) is 19.2 Å². The van der Waals surface area contributed by atoms with Gasteiger partial charge in [-0.2, -0.15) is 4.52 Å². The van der Waals surface area contributed by atoms with E-state index >= 15 is 0 Å². The fourth-order valence-electron chi connectivity index (χ4n) is 3.67. The molecule has 0 fully saturated rings. The molecule has 5 aromatic rings. The van der Waals surface area contributed by atoms with Gasteiger partial charge in [0.1, 0.15) is 11.5 Å². The third-order valence-corrected chi connectivity index (χ3v) is 5.65. The summed E-state index contributed by atoms with van der Waals surface area (Å²) < 4.78 is 13.3. The first kappa shape index (κ1) is 21.2. The van der Waals surface area contributed by atoms with Gasteiger partial charge in [-0.15, -0.1) is 10.2 Å². The van der Waals surface area contributed by atoms with Crippen LogP contribution < -0.4 is 10.4 Å². The van der Waals surface area contributed by atoms with Gasteiger partial charge in [-0.25, -0.2) is 9.48 Å². The Morgan fingerprint density at radius 1 is 0.939 bits per heavy atom. The second-order valence-corrected chi connectivity index (χ2v) is 8.25. The number of ether oxygens (including phenoxy) is 1. The van der Waals surface area contributed by atoms with Gasteiger partial charge in [-0.1, -0.05) is 52.6 Å². The summed E-state index contributed by atoms with van der Waals surface area (Å²) in [5, 5.41) is 14.2. The van der Waals surface area contributed by atoms with E-state index in [1.54, 1.807) is 37.3 Å². The molecule has 0 amide bonds. The van der Waals surface area contributed by atoms with E-state index in [2.05, 4.69) is 15.4 Å². The van der Waals surface area contributed by atoms with Crippen LogP contribution in [0.15, 0.2) is 63.9 Å². The number of fused-ring (bicyclic) bond motifs is 1. The van der Waals surface area contributed by atoms with Gasteiger partial charge in [-0.05, 0) is 42.3 Å². The predicted octanol–water partition coefficient (Wildman–Crippen LogP) is 4.89. The Balaban J connectivity index is 1.82. The number of halogens is 2. The van der Waals surface area contributed by atoms with Crippen LogP contribution in [0.2, 0.25) is 10.0 Å². The molecule has 8 nitrogen and oxygen atoms in total. The maximum absolute atomic E-state index is 13.2. The van der Waals surface area contributed by atoms with Gasteiger partial charge < -0.3 is 9.26 Å². The van der Waals surface area contributed by atoms with Crippen LogP contribution >= 0.6 is 23.2 Å². The predicted molar refractivity (Wildman–Crippen MR) is 125 cm³/mol. The monoisotopic (exact) mass is 481 g/mol. The SMILES string of the molecule is COc1nn2c(=O)n(Cc3cc(C)on3)nc2c(-c2ccc(Cl)cc2)c1-c1ccc(Cl)cc1. The molecule has 2 aromatic carbocycles. The zero-order valence-electron chi connectivity index (χ0n) is 17.6. The van der Waals surface area contributed by atoms with Crippen molar-refractivity contribution in [2.24, 2.45) is 0 Å². The zero-order valence-corrected chi connectivity index (χ0v) is 19.1. The molecule has 0 N–H and O–H groups in total. The largest absolute Gasteiger partial charge is 0.480 e. The Hall–Kier alpha value is -3.62. The van der Waals surface area contributed by atoms with E-state index < -0.39 is 5.69 Å². The topological polar surface area (TPSA) is 87.5 Å². The van der Waals surface area contributed by atoms with Crippen molar-refractivity contribution in [3.05, 3.63) is 86.6 Å². The number of aryl methyl sites for hydroxylation is 1. The summed E-state index contributed by atoms with van der Waals surface area (Å²) >= 11 is 12.2. The lowest BCUT2D eigenvalue weighted by Crippen LogP contribution is -2.23. The first-order valence-corrected chi connectivity index (χ1v) is 10.7. The fraction of sp³-hybridized carbons (Fsp3) is 0.130. The smallest absolute Gasteiger partial charge is 0.367 e. The summed E-state index contributed by atoms with van der Waals surface area (Å²) in [5.74, 6) is 0.919. The number of rotatable bonds is 5. The third kappa shape index (κ3) is 3.88. The molecule has 3 heterocycles. The third-order valence-electron chi connectivity index (χ3n) is 5.14. The normalized spacial score (nSPS) is 11.3. The zero-order chi connectivity index (χ0) is 23.1. The molecule has 33 heavy (non-hydrogen) atoms. The van der Waals surface area contributed by atoms with E-state index in [-0.39, 0.29) is 12.4 Å². The molecule has 0 unspecified atom stereocenters. The number of aromatic nitrogens is 5. The summed E-state index contributed by atoms with van der Waals surface area (Å²) in [6.07, 6.45) is 0. The molecule has 0 saturated carbocycles. The van der Waals surface area contributed by atoms with Crippen molar-refractivity contribution >= 4 is 28.8 Å². The van der Waals surface area contributed by atoms with E-state index in [1.807, 2.05) is 24.3 Å². The lowest BCUT2D eigenvalue weighted by molar-refractivity contribution is 0.386. The summed E-state index contributed by atoms with van der Waals surface area (Å²) in [6, 6.07) is 16.3. The van der Waals surface area contributed by atoms with Gasteiger partial charge >= 0.3 is 5.69 Å². The van der Waals surface area contributed by atoms with Crippen LogP contribution in [0.4, 0.5) is 0 Å². The van der Waals surface area contributed by atoms with E-state index in [0.717, 1.165) is 11.1 Å². The van der Waals surface area contributed by atoms with Crippen LogP contribution in [0.5, 0.6) is 5.88 Å². The molecule has 5 rings (SSSR count). The van der Waals surface area contributed by atoms with Crippen LogP contribution in [0.25, 0.3) is 27.9 Å². The quantitative estimate of drug-likeness (QED) is 0.355. The first-order chi connectivity index (χ1) is 15.9. The summed E-state index contributed by atoms with van der Waals surface area (Å²) in [6.45, 7) is 1.92. The first-order valence-electron chi connectivity index (χ1n) is 9.96. The fourth-order valence-corrected chi connectivity index (χ4v) is 3.92. The summed E-state index contributed by atoms with van der Waals surface area (Å²) in [4.78, 5) is 13.2. The van der Waals surface area contributed by atoms with Crippen LogP contribution in [0.1, 0.15) is 11.5 Å². The minimum absolute atomic E-state index is 0.137. The lowest BCUT2D eigenvalue weighted by Gasteiger charge is -2.14. The second kappa shape index (κ2) is 8.38. The molecule has 0 bridgehead atoms. The van der Waals surface area contributed by atoms with E-state index in [1.165, 1.54) is 16.3 Å². The van der Waals surface area contributed by atoms with E-state index in [4.69, 9.17) is 32.5 Å². The minimum Gasteiger partial charge on any atom is -0.480 e. The highest BCUT2D eigenvalue weighted by Crippen LogP contribution is 2.40. The number of nitrogens with zero attached hydrogens (tertiary/aromatic N) is 5. The van der Waals surface area contributed by atoms with E-state index in [0.29, 0.717) is 38.3 Å². The van der Waals surface area contributed by atoms with Crippen molar-refractivity contribution in [1.29, 1.82) is 0 Å². The Labute approximate surface area is 197 Å². The molecule has 0 aliphatic carbocycles. The maximum atomic E-state index is 13.2. The van der Waals surface area contributed by atoms with Crippen molar-refractivity contribution in [1.82, 2.24) is 24.6 Å². The number of hydrogen-bond donors (Lipinski definition) is 0.